The molecule has 0 radical (unpaired) electrons. The summed E-state index contributed by atoms with van der Waals surface area (Å²) in [6.07, 6.45) is 0.103. The summed E-state index contributed by atoms with van der Waals surface area (Å²) in [7, 11) is -7.78. The van der Waals surface area contributed by atoms with Crippen molar-refractivity contribution in [3.63, 3.8) is 0 Å². The predicted octanol–water partition coefficient (Wildman–Crippen LogP) is 0.0991. The van der Waals surface area contributed by atoms with E-state index >= 15 is 0 Å². The molecule has 0 bridgehead atoms. The van der Waals surface area contributed by atoms with Crippen molar-refractivity contribution in [3.05, 3.63) is 29.8 Å². The second-order valence-corrected chi connectivity index (χ2v) is 9.03. The lowest BCUT2D eigenvalue weighted by Gasteiger charge is -2.11. The third kappa shape index (κ3) is 4.45. The number of hydrogen-bond acceptors (Lipinski definition) is 5. The average Bonchev–Trinajstić information content (AvgIpc) is 2.75. The summed E-state index contributed by atoms with van der Waals surface area (Å²) in [6.45, 7) is 0. The SMILES string of the molecule is O=C(C[C@H]1CCS(=O)(=O)C1)NNS(=O)(=O)c1c(F)cccc1F. The molecule has 1 fully saturated rings. The summed E-state index contributed by atoms with van der Waals surface area (Å²) in [5.74, 6) is -3.95. The summed E-state index contributed by atoms with van der Waals surface area (Å²) in [5.41, 5.74) is 1.83. The van der Waals surface area contributed by atoms with Crippen LogP contribution in [0, 0.1) is 17.6 Å². The van der Waals surface area contributed by atoms with Crippen molar-refractivity contribution in [1.82, 2.24) is 10.3 Å². The van der Waals surface area contributed by atoms with Gasteiger partial charge in [0.05, 0.1) is 11.5 Å². The second kappa shape index (κ2) is 6.49. The predicted molar refractivity (Wildman–Crippen MR) is 76.2 cm³/mol. The van der Waals surface area contributed by atoms with Crippen LogP contribution in [-0.4, -0.2) is 34.2 Å². The van der Waals surface area contributed by atoms with Crippen LogP contribution >= 0.6 is 0 Å². The molecule has 2 rings (SSSR count). The molecule has 1 aromatic carbocycles. The highest BCUT2D eigenvalue weighted by Gasteiger charge is 2.30. The molecule has 128 valence electrons. The highest BCUT2D eigenvalue weighted by Crippen LogP contribution is 2.21. The van der Waals surface area contributed by atoms with Gasteiger partial charge in [-0.1, -0.05) is 6.07 Å². The van der Waals surface area contributed by atoms with Crippen molar-refractivity contribution in [3.8, 4) is 0 Å². The molecule has 1 atom stereocenters. The van der Waals surface area contributed by atoms with Crippen LogP contribution in [0.15, 0.2) is 23.1 Å². The molecule has 1 amide bonds. The normalized spacial score (nSPS) is 20.3. The molecule has 1 aliphatic rings. The highest BCUT2D eigenvalue weighted by molar-refractivity contribution is 7.91. The lowest BCUT2D eigenvalue weighted by atomic mass is 10.1. The standard InChI is InChI=1S/C12H14F2N2O5S2/c13-9-2-1-3-10(14)12(9)23(20,21)16-15-11(17)6-8-4-5-22(18,19)7-8/h1-3,8,16H,4-7H2,(H,15,17)/t8-/m1/s1. The van der Waals surface area contributed by atoms with Crippen LogP contribution < -0.4 is 10.3 Å². The Labute approximate surface area is 132 Å². The van der Waals surface area contributed by atoms with Crippen molar-refractivity contribution in [2.24, 2.45) is 5.92 Å². The van der Waals surface area contributed by atoms with Gasteiger partial charge in [-0.15, -0.1) is 4.83 Å². The van der Waals surface area contributed by atoms with E-state index in [2.05, 4.69) is 0 Å². The first kappa shape index (κ1) is 17.8. The summed E-state index contributed by atoms with van der Waals surface area (Å²) in [6, 6.07) is 2.54. The number of benzene rings is 1. The maximum atomic E-state index is 13.4. The molecule has 0 aromatic heterocycles. The Balaban J connectivity index is 1.98. The van der Waals surface area contributed by atoms with Gasteiger partial charge in [0.15, 0.2) is 14.7 Å². The number of nitrogens with one attached hydrogen (secondary N) is 2. The minimum Gasteiger partial charge on any atom is -0.278 e. The lowest BCUT2D eigenvalue weighted by molar-refractivity contribution is -0.122. The van der Waals surface area contributed by atoms with Crippen molar-refractivity contribution >= 4 is 25.8 Å². The number of carbonyl (C=O) groups is 1. The van der Waals surface area contributed by atoms with Gasteiger partial charge in [0.2, 0.25) is 5.91 Å². The number of hydrogen-bond donors (Lipinski definition) is 2. The molecular weight excluding hydrogens is 354 g/mol. The Hall–Kier alpha value is -1.59. The van der Waals surface area contributed by atoms with Gasteiger partial charge in [-0.05, 0) is 24.5 Å². The summed E-state index contributed by atoms with van der Waals surface area (Å²) < 4.78 is 73.1. The number of carbonyl (C=O) groups excluding carboxylic acids is 1. The Morgan fingerprint density at radius 3 is 2.39 bits per heavy atom. The monoisotopic (exact) mass is 368 g/mol. The largest absolute Gasteiger partial charge is 0.278 e. The number of rotatable bonds is 5. The Morgan fingerprint density at radius 1 is 1.26 bits per heavy atom. The first-order valence-electron chi connectivity index (χ1n) is 6.56. The van der Waals surface area contributed by atoms with Crippen LogP contribution in [-0.2, 0) is 24.7 Å². The second-order valence-electron chi connectivity index (χ2n) is 5.18. The molecule has 7 nitrogen and oxygen atoms in total. The van der Waals surface area contributed by atoms with E-state index in [4.69, 9.17) is 0 Å². The van der Waals surface area contributed by atoms with E-state index in [-0.39, 0.29) is 17.9 Å². The van der Waals surface area contributed by atoms with E-state index in [0.29, 0.717) is 6.42 Å². The Morgan fingerprint density at radius 2 is 1.87 bits per heavy atom. The van der Waals surface area contributed by atoms with Crippen molar-refractivity contribution < 1.29 is 30.4 Å². The third-order valence-electron chi connectivity index (χ3n) is 3.31. The van der Waals surface area contributed by atoms with Crippen LogP contribution in [0.5, 0.6) is 0 Å². The summed E-state index contributed by atoms with van der Waals surface area (Å²) in [5, 5.41) is 0. The van der Waals surface area contributed by atoms with Crippen LogP contribution in [0.25, 0.3) is 0 Å². The Kier molecular flexibility index (Phi) is 5.01. The molecule has 1 saturated heterocycles. The molecule has 2 N–H and O–H groups in total. The van der Waals surface area contributed by atoms with Gasteiger partial charge in [0, 0.05) is 6.42 Å². The summed E-state index contributed by atoms with van der Waals surface area (Å²) in [4.78, 5) is 12.0. The van der Waals surface area contributed by atoms with Crippen LogP contribution in [0.2, 0.25) is 0 Å². The van der Waals surface area contributed by atoms with Crippen LogP contribution in [0.4, 0.5) is 8.78 Å². The van der Waals surface area contributed by atoms with E-state index in [1.54, 1.807) is 4.83 Å². The molecule has 0 spiro atoms. The number of sulfone groups is 1. The van der Waals surface area contributed by atoms with Gasteiger partial charge in [-0.25, -0.2) is 25.6 Å². The zero-order valence-electron chi connectivity index (χ0n) is 11.8. The fourth-order valence-corrected chi connectivity index (χ4v) is 5.12. The highest BCUT2D eigenvalue weighted by atomic mass is 32.2. The molecule has 11 heteroatoms. The zero-order chi connectivity index (χ0) is 17.3. The van der Waals surface area contributed by atoms with Gasteiger partial charge < -0.3 is 0 Å². The molecule has 0 saturated carbocycles. The molecule has 1 aromatic rings. The Bertz CT molecular complexity index is 804. The number of halogens is 2. The number of sulfonamides is 1. The zero-order valence-corrected chi connectivity index (χ0v) is 13.4. The van der Waals surface area contributed by atoms with Gasteiger partial charge >= 0.3 is 0 Å². The molecule has 0 unspecified atom stereocenters. The van der Waals surface area contributed by atoms with E-state index in [1.807, 2.05) is 5.43 Å². The van der Waals surface area contributed by atoms with E-state index in [1.165, 1.54) is 0 Å². The molecular formula is C12H14F2N2O5S2. The topological polar surface area (TPSA) is 109 Å². The first-order valence-corrected chi connectivity index (χ1v) is 9.86. The van der Waals surface area contributed by atoms with Gasteiger partial charge in [0.1, 0.15) is 11.6 Å². The van der Waals surface area contributed by atoms with E-state index < -0.39 is 48.2 Å². The van der Waals surface area contributed by atoms with E-state index in [0.717, 1.165) is 18.2 Å². The third-order valence-corrected chi connectivity index (χ3v) is 6.45. The number of hydrazine groups is 1. The summed E-state index contributed by atoms with van der Waals surface area (Å²) >= 11 is 0. The van der Waals surface area contributed by atoms with Crippen molar-refractivity contribution in [2.45, 2.75) is 17.7 Å². The fraction of sp³-hybridized carbons (Fsp3) is 0.417. The van der Waals surface area contributed by atoms with Gasteiger partial charge in [-0.3, -0.25) is 10.2 Å². The fourth-order valence-electron chi connectivity index (χ4n) is 2.26. The van der Waals surface area contributed by atoms with Gasteiger partial charge in [-0.2, -0.15) is 0 Å². The van der Waals surface area contributed by atoms with Crippen LogP contribution in [0.1, 0.15) is 12.8 Å². The first-order chi connectivity index (χ1) is 10.6. The smallest absolute Gasteiger partial charge is 0.263 e. The molecule has 1 aliphatic heterocycles. The minimum absolute atomic E-state index is 0.0168. The average molecular weight is 368 g/mol. The molecule has 0 aliphatic carbocycles. The van der Waals surface area contributed by atoms with Gasteiger partial charge in [0.25, 0.3) is 10.0 Å². The maximum absolute atomic E-state index is 13.4. The minimum atomic E-state index is -4.62. The molecule has 23 heavy (non-hydrogen) atoms. The van der Waals surface area contributed by atoms with Crippen LogP contribution in [0.3, 0.4) is 0 Å². The quantitative estimate of drug-likeness (QED) is 0.717. The van der Waals surface area contributed by atoms with E-state index in [9.17, 15) is 30.4 Å². The molecule has 1 heterocycles. The van der Waals surface area contributed by atoms with Crippen molar-refractivity contribution in [2.75, 3.05) is 11.5 Å². The van der Waals surface area contributed by atoms with Crippen molar-refractivity contribution in [1.29, 1.82) is 0 Å². The lowest BCUT2D eigenvalue weighted by Crippen LogP contribution is -2.42. The maximum Gasteiger partial charge on any atom is 0.263 e. The number of amides is 1.